The Morgan fingerprint density at radius 3 is 2.43 bits per heavy atom. The lowest BCUT2D eigenvalue weighted by atomic mass is 10.3. The Bertz CT molecular complexity index is 458. The molecule has 0 atom stereocenters. The van der Waals surface area contributed by atoms with Crippen LogP contribution in [0.2, 0.25) is 0 Å². The van der Waals surface area contributed by atoms with Gasteiger partial charge in [-0.15, -0.1) is 0 Å². The van der Waals surface area contributed by atoms with Crippen molar-refractivity contribution in [3.05, 3.63) is 60.9 Å². The lowest BCUT2D eigenvalue weighted by Gasteiger charge is -2.09. The number of hydrogen-bond donors (Lipinski definition) is 0. The molecule has 0 spiro atoms. The highest BCUT2D eigenvalue weighted by atomic mass is 16.5. The van der Waals surface area contributed by atoms with Gasteiger partial charge in [-0.2, -0.15) is 0 Å². The lowest BCUT2D eigenvalue weighted by molar-refractivity contribution is 0.307. The molecule has 0 radical (unpaired) electrons. The molecule has 0 bridgehead atoms. The molecule has 0 saturated heterocycles. The van der Waals surface area contributed by atoms with Crippen molar-refractivity contribution >= 4 is 0 Å². The molecule has 0 aliphatic carbocycles. The summed E-state index contributed by atoms with van der Waals surface area (Å²) in [5.41, 5.74) is 0.960. The summed E-state index contributed by atoms with van der Waals surface area (Å²) >= 11 is 0. The third-order valence-electron chi connectivity index (χ3n) is 2.37. The predicted molar refractivity (Wildman–Crippen MR) is 91.9 cm³/mol. The summed E-state index contributed by atoms with van der Waals surface area (Å²) < 4.78 is 11.2. The van der Waals surface area contributed by atoms with E-state index in [0.29, 0.717) is 5.76 Å². The van der Waals surface area contributed by atoms with Gasteiger partial charge in [0.05, 0.1) is 6.61 Å². The van der Waals surface area contributed by atoms with E-state index in [1.807, 2.05) is 51.1 Å². The van der Waals surface area contributed by atoms with Gasteiger partial charge in [-0.05, 0) is 31.6 Å². The predicted octanol–water partition coefficient (Wildman–Crippen LogP) is 5.92. The van der Waals surface area contributed by atoms with Crippen molar-refractivity contribution in [2.75, 3.05) is 6.61 Å². The van der Waals surface area contributed by atoms with E-state index in [1.165, 1.54) is 0 Å². The summed E-state index contributed by atoms with van der Waals surface area (Å²) in [5, 5.41) is 0. The van der Waals surface area contributed by atoms with Crippen LogP contribution < -0.4 is 9.47 Å². The molecular formula is C19H28O2. The summed E-state index contributed by atoms with van der Waals surface area (Å²) in [6, 6.07) is 7.59. The fraction of sp³-hybridized carbons (Fsp3) is 0.368. The van der Waals surface area contributed by atoms with E-state index in [0.717, 1.165) is 36.5 Å². The van der Waals surface area contributed by atoms with E-state index in [-0.39, 0.29) is 0 Å². The van der Waals surface area contributed by atoms with Gasteiger partial charge in [-0.25, -0.2) is 0 Å². The van der Waals surface area contributed by atoms with Crippen LogP contribution in [0.3, 0.4) is 0 Å². The molecule has 0 saturated carbocycles. The van der Waals surface area contributed by atoms with Crippen LogP contribution in [0.4, 0.5) is 0 Å². The minimum Gasteiger partial charge on any atom is -0.493 e. The van der Waals surface area contributed by atoms with Gasteiger partial charge in [0, 0.05) is 6.07 Å². The average Bonchev–Trinajstić information content (AvgIpc) is 2.48. The van der Waals surface area contributed by atoms with E-state index in [1.54, 1.807) is 6.08 Å². The largest absolute Gasteiger partial charge is 0.493 e. The molecule has 0 unspecified atom stereocenters. The van der Waals surface area contributed by atoms with Crippen molar-refractivity contribution in [3.63, 3.8) is 0 Å². The van der Waals surface area contributed by atoms with E-state index in [9.17, 15) is 0 Å². The molecule has 2 nitrogen and oxygen atoms in total. The molecule has 0 N–H and O–H groups in total. The van der Waals surface area contributed by atoms with Crippen LogP contribution in [0.15, 0.2) is 60.9 Å². The van der Waals surface area contributed by atoms with Crippen LogP contribution >= 0.6 is 0 Å². The topological polar surface area (TPSA) is 18.5 Å². The Labute approximate surface area is 129 Å². The second-order valence-electron chi connectivity index (χ2n) is 4.42. The Morgan fingerprint density at radius 2 is 1.81 bits per heavy atom. The molecule has 2 heteroatoms. The van der Waals surface area contributed by atoms with Gasteiger partial charge in [0.2, 0.25) is 0 Å². The van der Waals surface area contributed by atoms with Crippen molar-refractivity contribution in [2.45, 2.75) is 40.5 Å². The van der Waals surface area contributed by atoms with Crippen molar-refractivity contribution in [3.8, 4) is 11.5 Å². The molecule has 0 heterocycles. The molecule has 0 aromatic heterocycles. The third kappa shape index (κ3) is 9.55. The molecule has 116 valence electrons. The average molecular weight is 288 g/mol. The molecule has 0 amide bonds. The molecule has 1 rings (SSSR count). The molecule has 1 aromatic rings. The Kier molecular flexibility index (Phi) is 10.7. The number of allylic oxidation sites excluding steroid dienone is 3. The van der Waals surface area contributed by atoms with Crippen molar-refractivity contribution in [1.82, 2.24) is 0 Å². The van der Waals surface area contributed by atoms with E-state index >= 15 is 0 Å². The number of benzene rings is 1. The zero-order valence-electron chi connectivity index (χ0n) is 13.8. The maximum atomic E-state index is 5.63. The highest BCUT2D eigenvalue weighted by Gasteiger charge is 1.99. The van der Waals surface area contributed by atoms with Gasteiger partial charge in [0.1, 0.15) is 17.3 Å². The number of ether oxygens (including phenoxy) is 2. The zero-order valence-corrected chi connectivity index (χ0v) is 13.8. The highest BCUT2D eigenvalue weighted by Crippen LogP contribution is 2.21. The van der Waals surface area contributed by atoms with Gasteiger partial charge in [-0.3, -0.25) is 0 Å². The molecule has 21 heavy (non-hydrogen) atoms. The van der Waals surface area contributed by atoms with Gasteiger partial charge in [0.15, 0.2) is 0 Å². The fourth-order valence-corrected chi connectivity index (χ4v) is 1.38. The maximum absolute atomic E-state index is 5.63. The van der Waals surface area contributed by atoms with Crippen LogP contribution in [0, 0.1) is 0 Å². The zero-order chi connectivity index (χ0) is 16.1. The molecule has 0 aliphatic rings. The molecule has 0 fully saturated rings. The Morgan fingerprint density at radius 1 is 1.14 bits per heavy atom. The summed E-state index contributed by atoms with van der Waals surface area (Å²) in [7, 11) is 0. The van der Waals surface area contributed by atoms with Crippen molar-refractivity contribution in [2.24, 2.45) is 0 Å². The van der Waals surface area contributed by atoms with Crippen LogP contribution in [0.5, 0.6) is 11.5 Å². The number of hydrogen-bond acceptors (Lipinski definition) is 2. The smallest absolute Gasteiger partial charge is 0.131 e. The van der Waals surface area contributed by atoms with E-state index in [4.69, 9.17) is 9.47 Å². The minimum absolute atomic E-state index is 0.578. The number of unbranched alkanes of at least 4 members (excludes halogenated alkanes) is 1. The van der Waals surface area contributed by atoms with Gasteiger partial charge >= 0.3 is 0 Å². The van der Waals surface area contributed by atoms with Crippen LogP contribution in [-0.4, -0.2) is 6.61 Å². The quantitative estimate of drug-likeness (QED) is 0.336. The monoisotopic (exact) mass is 288 g/mol. The molecule has 0 aliphatic heterocycles. The molecule has 1 aromatic carbocycles. The van der Waals surface area contributed by atoms with E-state index < -0.39 is 0 Å². The van der Waals surface area contributed by atoms with Crippen molar-refractivity contribution < 1.29 is 9.47 Å². The number of rotatable bonds is 8. The normalized spacial score (nSPS) is 9.71. The Balaban J connectivity index is 0.00000191. The maximum Gasteiger partial charge on any atom is 0.131 e. The van der Waals surface area contributed by atoms with Crippen LogP contribution in [-0.2, 0) is 0 Å². The van der Waals surface area contributed by atoms with Gasteiger partial charge in [-0.1, -0.05) is 58.1 Å². The van der Waals surface area contributed by atoms with Crippen molar-refractivity contribution in [1.29, 1.82) is 0 Å². The van der Waals surface area contributed by atoms with Crippen LogP contribution in [0.1, 0.15) is 40.5 Å². The molecular weight excluding hydrogens is 260 g/mol. The highest BCUT2D eigenvalue weighted by molar-refractivity contribution is 5.35. The van der Waals surface area contributed by atoms with Gasteiger partial charge in [0.25, 0.3) is 0 Å². The van der Waals surface area contributed by atoms with Crippen LogP contribution in [0.25, 0.3) is 0 Å². The summed E-state index contributed by atoms with van der Waals surface area (Å²) in [4.78, 5) is 0. The first-order chi connectivity index (χ1) is 10.1. The second-order valence-corrected chi connectivity index (χ2v) is 4.42. The summed E-state index contributed by atoms with van der Waals surface area (Å²) in [6.45, 7) is 16.4. The summed E-state index contributed by atoms with van der Waals surface area (Å²) in [6.07, 6.45) is 5.84. The lowest BCUT2D eigenvalue weighted by Crippen LogP contribution is -1.97. The standard InChI is InChI=1S/C17H22O2.C2H6/c1-5-6-12-18-16-8-7-9-17(13-16)19-15(4)11-10-14(2)3;1-2/h7-11,13H,2,4-6,12H2,1,3H3;1-2H3/b11-10-;. The first kappa shape index (κ1) is 19.0. The third-order valence-corrected chi connectivity index (χ3v) is 2.37. The minimum atomic E-state index is 0.578. The first-order valence-electron chi connectivity index (χ1n) is 7.55. The van der Waals surface area contributed by atoms with E-state index in [2.05, 4.69) is 20.1 Å². The SMILES string of the molecule is C=C(C)/C=C\C(=C)Oc1cccc(OCCCC)c1.CC. The van der Waals surface area contributed by atoms with Gasteiger partial charge < -0.3 is 9.47 Å². The Hall–Kier alpha value is -1.96. The summed E-state index contributed by atoms with van der Waals surface area (Å²) in [5.74, 6) is 2.13. The second kappa shape index (κ2) is 11.8. The fourth-order valence-electron chi connectivity index (χ4n) is 1.38. The first-order valence-corrected chi connectivity index (χ1v) is 7.55.